The zero-order chi connectivity index (χ0) is 15.1. The number of fused-ring (bicyclic) bond motifs is 2. The largest absolute Gasteiger partial charge is 0.475 e. The van der Waals surface area contributed by atoms with Crippen molar-refractivity contribution in [1.29, 1.82) is 0 Å². The molecule has 0 saturated heterocycles. The average molecular weight is 294 g/mol. The lowest BCUT2D eigenvalue weighted by molar-refractivity contribution is 0.0680. The van der Waals surface area contributed by atoms with Crippen LogP contribution in [-0.2, 0) is 12.8 Å². The van der Waals surface area contributed by atoms with Crippen molar-refractivity contribution in [2.24, 2.45) is 0 Å². The third-order valence-electron chi connectivity index (χ3n) is 4.10. The van der Waals surface area contributed by atoms with Crippen LogP contribution in [-0.4, -0.2) is 30.9 Å². The summed E-state index contributed by atoms with van der Waals surface area (Å²) in [5.41, 5.74) is 4.93. The topological polar surface area (TPSA) is 80.4 Å². The number of carboxylic acids is 1. The van der Waals surface area contributed by atoms with Gasteiger partial charge in [-0.1, -0.05) is 12.1 Å². The van der Waals surface area contributed by atoms with E-state index in [9.17, 15) is 4.79 Å². The summed E-state index contributed by atoms with van der Waals surface area (Å²) >= 11 is 0. The van der Waals surface area contributed by atoms with Crippen LogP contribution in [0.15, 0.2) is 30.3 Å². The van der Waals surface area contributed by atoms with Crippen LogP contribution in [0.1, 0.15) is 34.6 Å². The van der Waals surface area contributed by atoms with Crippen LogP contribution in [0.25, 0.3) is 16.9 Å². The SMILES string of the molecule is O=C(O)c1nnc2ccc(-c3ccc4c(c3)CCCC4)nn12. The molecule has 0 spiro atoms. The summed E-state index contributed by atoms with van der Waals surface area (Å²) in [7, 11) is 0. The Kier molecular flexibility index (Phi) is 2.89. The summed E-state index contributed by atoms with van der Waals surface area (Å²) in [6.45, 7) is 0. The second kappa shape index (κ2) is 4.91. The van der Waals surface area contributed by atoms with Crippen LogP contribution in [0.2, 0.25) is 0 Å². The molecule has 0 aliphatic heterocycles. The first-order chi connectivity index (χ1) is 10.7. The van der Waals surface area contributed by atoms with E-state index in [1.165, 1.54) is 28.5 Å². The third kappa shape index (κ3) is 2.04. The Balaban J connectivity index is 1.83. The van der Waals surface area contributed by atoms with Gasteiger partial charge in [0.15, 0.2) is 5.65 Å². The minimum atomic E-state index is -1.14. The molecule has 3 aromatic rings. The molecule has 1 aliphatic rings. The predicted molar refractivity (Wildman–Crippen MR) is 79.8 cm³/mol. The molecule has 0 amide bonds. The van der Waals surface area contributed by atoms with E-state index < -0.39 is 5.97 Å². The normalized spacial score (nSPS) is 14.0. The highest BCUT2D eigenvalue weighted by atomic mass is 16.4. The fourth-order valence-electron chi connectivity index (χ4n) is 2.97. The summed E-state index contributed by atoms with van der Waals surface area (Å²) in [6.07, 6.45) is 4.70. The van der Waals surface area contributed by atoms with Crippen molar-refractivity contribution in [3.63, 3.8) is 0 Å². The molecule has 0 bridgehead atoms. The molecule has 0 saturated carbocycles. The minimum absolute atomic E-state index is 0.171. The maximum Gasteiger partial charge on any atom is 0.375 e. The molecule has 1 N–H and O–H groups in total. The van der Waals surface area contributed by atoms with Gasteiger partial charge in [0.1, 0.15) is 0 Å². The Labute approximate surface area is 126 Å². The molecule has 1 aromatic carbocycles. The van der Waals surface area contributed by atoms with Crippen molar-refractivity contribution >= 4 is 11.6 Å². The van der Waals surface area contributed by atoms with Crippen LogP contribution in [0.4, 0.5) is 0 Å². The Morgan fingerprint density at radius 2 is 1.86 bits per heavy atom. The summed E-state index contributed by atoms with van der Waals surface area (Å²) in [4.78, 5) is 11.2. The van der Waals surface area contributed by atoms with E-state index in [2.05, 4.69) is 27.4 Å². The van der Waals surface area contributed by atoms with Crippen molar-refractivity contribution in [2.75, 3.05) is 0 Å². The van der Waals surface area contributed by atoms with Gasteiger partial charge in [-0.15, -0.1) is 10.2 Å². The number of nitrogens with zero attached hydrogens (tertiary/aromatic N) is 4. The first-order valence-electron chi connectivity index (χ1n) is 7.30. The second-order valence-corrected chi connectivity index (χ2v) is 5.51. The van der Waals surface area contributed by atoms with Gasteiger partial charge < -0.3 is 5.11 Å². The molecule has 6 nitrogen and oxygen atoms in total. The van der Waals surface area contributed by atoms with Gasteiger partial charge in [0.25, 0.3) is 5.82 Å². The van der Waals surface area contributed by atoms with Gasteiger partial charge in [0.2, 0.25) is 0 Å². The lowest BCUT2D eigenvalue weighted by Crippen LogP contribution is -2.07. The number of aryl methyl sites for hydroxylation is 2. The quantitative estimate of drug-likeness (QED) is 0.784. The number of benzene rings is 1. The third-order valence-corrected chi connectivity index (χ3v) is 4.10. The first-order valence-corrected chi connectivity index (χ1v) is 7.30. The van der Waals surface area contributed by atoms with Gasteiger partial charge in [0.05, 0.1) is 5.69 Å². The van der Waals surface area contributed by atoms with E-state index in [4.69, 9.17) is 5.11 Å². The minimum Gasteiger partial charge on any atom is -0.475 e. The number of rotatable bonds is 2. The standard InChI is InChI=1S/C16H14N4O2/c21-16(22)15-18-17-14-8-7-13(19-20(14)15)12-6-5-10-3-1-2-4-11(10)9-12/h5-9H,1-4H2,(H,21,22). The molecule has 2 aromatic heterocycles. The monoisotopic (exact) mass is 294 g/mol. The number of aromatic nitrogens is 4. The zero-order valence-electron chi connectivity index (χ0n) is 11.9. The van der Waals surface area contributed by atoms with Crippen LogP contribution in [0.3, 0.4) is 0 Å². The van der Waals surface area contributed by atoms with Crippen molar-refractivity contribution in [2.45, 2.75) is 25.7 Å². The van der Waals surface area contributed by atoms with E-state index in [0.29, 0.717) is 5.65 Å². The van der Waals surface area contributed by atoms with Crippen LogP contribution >= 0.6 is 0 Å². The van der Waals surface area contributed by atoms with Crippen molar-refractivity contribution in [3.05, 3.63) is 47.3 Å². The molecule has 2 heterocycles. The number of carbonyl (C=O) groups is 1. The molecule has 6 heteroatoms. The predicted octanol–water partition coefficient (Wildman–Crippen LogP) is 2.37. The smallest absolute Gasteiger partial charge is 0.375 e. The second-order valence-electron chi connectivity index (χ2n) is 5.51. The molecular weight excluding hydrogens is 280 g/mol. The summed E-state index contributed by atoms with van der Waals surface area (Å²) < 4.78 is 1.27. The number of carboxylic acid groups (broad SMARTS) is 1. The molecule has 110 valence electrons. The molecule has 0 unspecified atom stereocenters. The summed E-state index contributed by atoms with van der Waals surface area (Å²) in [5.74, 6) is -1.31. The maximum absolute atomic E-state index is 11.2. The van der Waals surface area contributed by atoms with Crippen molar-refractivity contribution in [1.82, 2.24) is 19.8 Å². The average Bonchev–Trinajstić information content (AvgIpc) is 2.97. The maximum atomic E-state index is 11.2. The van der Waals surface area contributed by atoms with Gasteiger partial charge in [-0.05, 0) is 55.0 Å². The van der Waals surface area contributed by atoms with Crippen molar-refractivity contribution < 1.29 is 9.90 Å². The molecular formula is C16H14N4O2. The van der Waals surface area contributed by atoms with Gasteiger partial charge in [0, 0.05) is 5.56 Å². The zero-order valence-corrected chi connectivity index (χ0v) is 11.9. The lowest BCUT2D eigenvalue weighted by atomic mass is 9.90. The highest BCUT2D eigenvalue weighted by Crippen LogP contribution is 2.26. The molecule has 0 atom stereocenters. The van der Waals surface area contributed by atoms with Crippen molar-refractivity contribution in [3.8, 4) is 11.3 Å². The van der Waals surface area contributed by atoms with Gasteiger partial charge >= 0.3 is 5.97 Å². The summed E-state index contributed by atoms with van der Waals surface area (Å²) in [6, 6.07) is 9.94. The van der Waals surface area contributed by atoms with Crippen LogP contribution in [0.5, 0.6) is 0 Å². The van der Waals surface area contributed by atoms with Gasteiger partial charge in [-0.25, -0.2) is 4.79 Å². The Hall–Kier alpha value is -2.76. The van der Waals surface area contributed by atoms with E-state index in [0.717, 1.165) is 24.1 Å². The molecule has 0 fully saturated rings. The Bertz CT molecular complexity index is 885. The van der Waals surface area contributed by atoms with Crippen LogP contribution < -0.4 is 0 Å². The fourth-order valence-corrected chi connectivity index (χ4v) is 2.97. The van der Waals surface area contributed by atoms with Gasteiger partial charge in [-0.2, -0.15) is 9.61 Å². The molecule has 22 heavy (non-hydrogen) atoms. The van der Waals surface area contributed by atoms with E-state index in [-0.39, 0.29) is 5.82 Å². The highest BCUT2D eigenvalue weighted by Gasteiger charge is 2.15. The fraction of sp³-hybridized carbons (Fsp3) is 0.250. The summed E-state index contributed by atoms with van der Waals surface area (Å²) in [5, 5.41) is 21.0. The highest BCUT2D eigenvalue weighted by molar-refractivity contribution is 5.84. The number of hydrogen-bond acceptors (Lipinski definition) is 4. The number of aromatic carboxylic acids is 1. The lowest BCUT2D eigenvalue weighted by Gasteiger charge is -2.16. The molecule has 4 rings (SSSR count). The molecule has 0 radical (unpaired) electrons. The Morgan fingerprint density at radius 1 is 1.05 bits per heavy atom. The molecule has 1 aliphatic carbocycles. The van der Waals surface area contributed by atoms with E-state index >= 15 is 0 Å². The van der Waals surface area contributed by atoms with E-state index in [1.807, 2.05) is 12.1 Å². The van der Waals surface area contributed by atoms with E-state index in [1.54, 1.807) is 6.07 Å². The Morgan fingerprint density at radius 3 is 2.68 bits per heavy atom. The first kappa shape index (κ1) is 12.9. The van der Waals surface area contributed by atoms with Gasteiger partial charge in [-0.3, -0.25) is 0 Å². The van der Waals surface area contributed by atoms with Crippen LogP contribution in [0, 0.1) is 0 Å². The number of hydrogen-bond donors (Lipinski definition) is 1.